The van der Waals surface area contributed by atoms with Crippen LogP contribution in [0.4, 0.5) is 0 Å². The van der Waals surface area contributed by atoms with Gasteiger partial charge in [0.1, 0.15) is 5.78 Å². The zero-order valence-corrected chi connectivity index (χ0v) is 15.1. The Kier molecular flexibility index (Phi) is 4.92. The summed E-state index contributed by atoms with van der Waals surface area (Å²) in [7, 11) is -3.57. The molecule has 5 nitrogen and oxygen atoms in total. The Morgan fingerprint density at radius 1 is 1.35 bits per heavy atom. The van der Waals surface area contributed by atoms with Crippen molar-refractivity contribution < 1.29 is 13.2 Å². The quantitative estimate of drug-likeness (QED) is 0.779. The van der Waals surface area contributed by atoms with Crippen molar-refractivity contribution >= 4 is 27.1 Å². The van der Waals surface area contributed by atoms with E-state index in [-0.39, 0.29) is 24.2 Å². The van der Waals surface area contributed by atoms with E-state index in [1.165, 1.54) is 11.3 Å². The number of aryl methyl sites for hydroxylation is 1. The van der Waals surface area contributed by atoms with Crippen molar-refractivity contribution in [3.8, 4) is 0 Å². The summed E-state index contributed by atoms with van der Waals surface area (Å²) >= 11 is 1.50. The maximum absolute atomic E-state index is 12.8. The average molecular weight is 357 g/mol. The molecule has 1 atom stereocenters. The lowest BCUT2D eigenvalue weighted by Crippen LogP contribution is -2.30. The highest BCUT2D eigenvalue weighted by molar-refractivity contribution is 7.89. The fourth-order valence-electron chi connectivity index (χ4n) is 3.09. The minimum atomic E-state index is -3.57. The van der Waals surface area contributed by atoms with Crippen molar-refractivity contribution in [3.05, 3.63) is 15.3 Å². The van der Waals surface area contributed by atoms with Gasteiger partial charge in [-0.05, 0) is 44.1 Å². The Balaban J connectivity index is 1.99. The molecular weight excluding hydrogens is 332 g/mol. The van der Waals surface area contributed by atoms with E-state index in [1.54, 1.807) is 0 Å². The third kappa shape index (κ3) is 3.68. The summed E-state index contributed by atoms with van der Waals surface area (Å²) in [5.41, 5.74) is 6.91. The number of rotatable bonds is 7. The van der Waals surface area contributed by atoms with E-state index in [9.17, 15) is 13.2 Å². The molecule has 2 aliphatic carbocycles. The molecule has 0 saturated heterocycles. The van der Waals surface area contributed by atoms with Gasteiger partial charge in [0.2, 0.25) is 10.0 Å². The zero-order chi connectivity index (χ0) is 16.6. The number of fused-ring (bicyclic) bond motifs is 1. The number of carbonyl (C=O) groups excluding carboxylic acids is 1. The lowest BCUT2D eigenvalue weighted by molar-refractivity contribution is -0.119. The molecule has 3 rings (SSSR count). The number of sulfonamides is 1. The van der Waals surface area contributed by atoms with E-state index in [2.05, 4.69) is 4.72 Å². The van der Waals surface area contributed by atoms with E-state index in [1.807, 2.05) is 6.92 Å². The molecule has 7 heteroatoms. The van der Waals surface area contributed by atoms with Crippen LogP contribution in [-0.4, -0.2) is 26.8 Å². The maximum Gasteiger partial charge on any atom is 0.241 e. The van der Waals surface area contributed by atoms with Crippen LogP contribution in [0.2, 0.25) is 0 Å². The molecular formula is C16H24N2O3S2. The number of nitrogens with two attached hydrogens (primary N) is 1. The number of Topliss-reactive ketones (excluding diaryl/α,β-unsaturated/α-hetero) is 1. The van der Waals surface area contributed by atoms with Crippen molar-refractivity contribution in [1.82, 2.24) is 4.72 Å². The number of ketones is 1. The van der Waals surface area contributed by atoms with E-state index in [0.717, 1.165) is 42.5 Å². The highest BCUT2D eigenvalue weighted by Gasteiger charge is 2.35. The standard InChI is InChI=1S/C16H24N2O3S2/c1-2-7-18-23(20,21)16-12-8-11(17)5-6-14(12)22-15(16)9-13(19)10-3-4-10/h10-11,18H,2-9,17H2,1H3. The first-order valence-electron chi connectivity index (χ1n) is 8.33. The molecule has 1 heterocycles. The fraction of sp³-hybridized carbons (Fsp3) is 0.688. The summed E-state index contributed by atoms with van der Waals surface area (Å²) < 4.78 is 28.2. The van der Waals surface area contributed by atoms with Gasteiger partial charge in [-0.15, -0.1) is 11.3 Å². The Labute approximate surface area is 141 Å². The van der Waals surface area contributed by atoms with Gasteiger partial charge in [0.05, 0.1) is 4.90 Å². The molecule has 3 N–H and O–H groups in total. The molecule has 0 bridgehead atoms. The lowest BCUT2D eigenvalue weighted by atomic mass is 9.94. The summed E-state index contributed by atoms with van der Waals surface area (Å²) in [6.45, 7) is 2.34. The molecule has 23 heavy (non-hydrogen) atoms. The second-order valence-corrected chi connectivity index (χ2v) is 9.47. The van der Waals surface area contributed by atoms with Crippen molar-refractivity contribution in [1.29, 1.82) is 0 Å². The minimum Gasteiger partial charge on any atom is -0.327 e. The second kappa shape index (κ2) is 6.63. The van der Waals surface area contributed by atoms with E-state index in [0.29, 0.717) is 22.7 Å². The fourth-order valence-corrected chi connectivity index (χ4v) is 6.38. The first-order valence-corrected chi connectivity index (χ1v) is 10.6. The van der Waals surface area contributed by atoms with Crippen LogP contribution in [-0.2, 0) is 34.1 Å². The molecule has 0 radical (unpaired) electrons. The third-order valence-corrected chi connectivity index (χ3v) is 7.53. The number of hydrogen-bond acceptors (Lipinski definition) is 5. The average Bonchev–Trinajstić information content (AvgIpc) is 3.27. The number of hydrogen-bond donors (Lipinski definition) is 2. The molecule has 2 aliphatic rings. The zero-order valence-electron chi connectivity index (χ0n) is 13.4. The first kappa shape index (κ1) is 17.1. The minimum absolute atomic E-state index is 0.00390. The Bertz CT molecular complexity index is 705. The molecule has 1 fully saturated rings. The van der Waals surface area contributed by atoms with Gasteiger partial charge < -0.3 is 5.73 Å². The Hall–Kier alpha value is -0.760. The van der Waals surface area contributed by atoms with E-state index >= 15 is 0 Å². The van der Waals surface area contributed by atoms with Gasteiger partial charge in [0.15, 0.2) is 0 Å². The van der Waals surface area contributed by atoms with Gasteiger partial charge in [-0.1, -0.05) is 6.92 Å². The molecule has 0 spiro atoms. The van der Waals surface area contributed by atoms with Crippen molar-refractivity contribution in [3.63, 3.8) is 0 Å². The second-order valence-electron chi connectivity index (χ2n) is 6.57. The van der Waals surface area contributed by atoms with Crippen LogP contribution < -0.4 is 10.5 Å². The van der Waals surface area contributed by atoms with Crippen LogP contribution in [0.15, 0.2) is 4.90 Å². The van der Waals surface area contributed by atoms with Crippen LogP contribution in [0.1, 0.15) is 47.9 Å². The highest BCUT2D eigenvalue weighted by Crippen LogP contribution is 2.39. The van der Waals surface area contributed by atoms with E-state index < -0.39 is 10.0 Å². The van der Waals surface area contributed by atoms with Crippen LogP contribution in [0.25, 0.3) is 0 Å². The van der Waals surface area contributed by atoms with Gasteiger partial charge in [-0.25, -0.2) is 13.1 Å². The molecule has 0 aromatic carbocycles. The molecule has 0 amide bonds. The molecule has 1 saturated carbocycles. The van der Waals surface area contributed by atoms with Gasteiger partial charge in [-0.3, -0.25) is 4.79 Å². The number of carbonyl (C=O) groups is 1. The Morgan fingerprint density at radius 2 is 2.09 bits per heavy atom. The van der Waals surface area contributed by atoms with Crippen LogP contribution >= 0.6 is 11.3 Å². The monoisotopic (exact) mass is 356 g/mol. The van der Waals surface area contributed by atoms with Gasteiger partial charge >= 0.3 is 0 Å². The van der Waals surface area contributed by atoms with Gasteiger partial charge in [0, 0.05) is 34.7 Å². The molecule has 0 aliphatic heterocycles. The van der Waals surface area contributed by atoms with E-state index in [4.69, 9.17) is 5.73 Å². The summed E-state index contributed by atoms with van der Waals surface area (Å²) in [5, 5.41) is 0. The lowest BCUT2D eigenvalue weighted by Gasteiger charge is -2.19. The SMILES string of the molecule is CCCNS(=O)(=O)c1c(CC(=O)C2CC2)sc2c1CC(N)CC2. The summed E-state index contributed by atoms with van der Waals surface area (Å²) in [5.74, 6) is 0.329. The first-order chi connectivity index (χ1) is 10.9. The maximum atomic E-state index is 12.8. The van der Waals surface area contributed by atoms with Crippen molar-refractivity contribution in [2.75, 3.05) is 6.54 Å². The molecule has 1 unspecified atom stereocenters. The summed E-state index contributed by atoms with van der Waals surface area (Å²) in [6, 6.07) is 0.00390. The largest absolute Gasteiger partial charge is 0.327 e. The van der Waals surface area contributed by atoms with Crippen LogP contribution in [0.5, 0.6) is 0 Å². The van der Waals surface area contributed by atoms with Crippen molar-refractivity contribution in [2.45, 2.75) is 62.8 Å². The number of thiophene rings is 1. The summed E-state index contributed by atoms with van der Waals surface area (Å²) in [6.07, 6.45) is 5.17. The topological polar surface area (TPSA) is 89.3 Å². The van der Waals surface area contributed by atoms with Crippen molar-refractivity contribution in [2.24, 2.45) is 11.7 Å². The normalized spacial score (nSPS) is 21.2. The molecule has 1 aromatic heterocycles. The van der Waals surface area contributed by atoms with Gasteiger partial charge in [-0.2, -0.15) is 0 Å². The van der Waals surface area contributed by atoms with Crippen LogP contribution in [0.3, 0.4) is 0 Å². The highest BCUT2D eigenvalue weighted by atomic mass is 32.2. The smallest absolute Gasteiger partial charge is 0.241 e. The van der Waals surface area contributed by atoms with Crippen LogP contribution in [0, 0.1) is 5.92 Å². The predicted octanol–water partition coefficient (Wildman–Crippen LogP) is 1.77. The summed E-state index contributed by atoms with van der Waals surface area (Å²) in [4.78, 5) is 14.4. The molecule has 128 valence electrons. The third-order valence-electron chi connectivity index (χ3n) is 4.50. The number of nitrogens with one attached hydrogen (secondary N) is 1. The molecule has 1 aromatic rings. The predicted molar refractivity (Wildman–Crippen MR) is 91.2 cm³/mol. The Morgan fingerprint density at radius 3 is 2.74 bits per heavy atom. The van der Waals surface area contributed by atoms with Gasteiger partial charge in [0.25, 0.3) is 0 Å².